The van der Waals surface area contributed by atoms with Crippen molar-refractivity contribution >= 4 is 5.97 Å². The predicted octanol–water partition coefficient (Wildman–Crippen LogP) is -0.133. The minimum atomic E-state index is -1.65. The molecule has 1 saturated heterocycles. The lowest BCUT2D eigenvalue weighted by Gasteiger charge is -2.39. The number of carbonyl (C=O) groups excluding carboxylic acids is 1. The zero-order chi connectivity index (χ0) is 22.8. The molecule has 6 atom stereocenters. The van der Waals surface area contributed by atoms with Crippen LogP contribution in [0.1, 0.15) is 33.1 Å². The molecule has 2 heterocycles. The van der Waals surface area contributed by atoms with E-state index in [2.05, 4.69) is 0 Å². The minimum absolute atomic E-state index is 0.0396. The van der Waals surface area contributed by atoms with Gasteiger partial charge in [-0.2, -0.15) is 0 Å². The molecule has 0 aromatic carbocycles. The maximum Gasteiger partial charge on any atom is 0.333 e. The molecule has 1 aliphatic carbocycles. The number of ether oxygens (including phenoxy) is 3. The van der Waals surface area contributed by atoms with Crippen LogP contribution in [-0.2, 0) is 14.3 Å². The van der Waals surface area contributed by atoms with Crippen molar-refractivity contribution in [3.63, 3.8) is 0 Å². The molecule has 1 aliphatic heterocycles. The highest BCUT2D eigenvalue weighted by Crippen LogP contribution is 2.32. The van der Waals surface area contributed by atoms with E-state index in [0.717, 1.165) is 18.6 Å². The van der Waals surface area contributed by atoms with Crippen molar-refractivity contribution in [1.29, 1.82) is 0 Å². The Kier molecular flexibility index (Phi) is 7.17. The molecule has 4 N–H and O–H groups in total. The fraction of sp³-hybridized carbons (Fsp3) is 0.619. The average molecular weight is 440 g/mol. The number of aliphatic hydroxyl groups is 4. The molecule has 0 radical (unpaired) electrons. The van der Waals surface area contributed by atoms with E-state index in [1.807, 2.05) is 0 Å². The van der Waals surface area contributed by atoms with Gasteiger partial charge < -0.3 is 39.1 Å². The molecule has 2 aliphatic rings. The van der Waals surface area contributed by atoms with E-state index in [9.17, 15) is 30.0 Å². The Balaban J connectivity index is 1.60. The molecule has 1 aromatic heterocycles. The van der Waals surface area contributed by atoms with Crippen LogP contribution >= 0.6 is 0 Å². The Morgan fingerprint density at radius 1 is 1.23 bits per heavy atom. The van der Waals surface area contributed by atoms with Gasteiger partial charge in [-0.1, -0.05) is 6.08 Å². The summed E-state index contributed by atoms with van der Waals surface area (Å²) >= 11 is 0. The first-order valence-corrected chi connectivity index (χ1v) is 10.1. The summed E-state index contributed by atoms with van der Waals surface area (Å²) in [5.41, 5.74) is -0.908. The molecule has 0 bridgehead atoms. The summed E-state index contributed by atoms with van der Waals surface area (Å²) in [6, 6.07) is 1.11. The Morgan fingerprint density at radius 2 is 1.97 bits per heavy atom. The van der Waals surface area contributed by atoms with Crippen LogP contribution in [0.4, 0.5) is 0 Å². The molecule has 0 saturated carbocycles. The van der Waals surface area contributed by atoms with Gasteiger partial charge in [-0.25, -0.2) is 4.79 Å². The molecular formula is C21H28O10. The van der Waals surface area contributed by atoms with Crippen molar-refractivity contribution in [3.05, 3.63) is 40.5 Å². The zero-order valence-electron chi connectivity index (χ0n) is 17.3. The van der Waals surface area contributed by atoms with Crippen LogP contribution in [0.5, 0.6) is 5.75 Å². The largest absolute Gasteiger partial charge is 0.468 e. The fourth-order valence-corrected chi connectivity index (χ4v) is 3.62. The van der Waals surface area contributed by atoms with E-state index in [1.165, 1.54) is 0 Å². The monoisotopic (exact) mass is 440 g/mol. The lowest BCUT2D eigenvalue weighted by Crippen LogP contribution is -2.60. The number of allylic oxidation sites excluding steroid dienone is 1. The van der Waals surface area contributed by atoms with E-state index in [0.29, 0.717) is 24.8 Å². The van der Waals surface area contributed by atoms with Gasteiger partial charge in [-0.05, 0) is 39.0 Å². The SMILES string of the molecule is CC(C)(O)[C@@H]1CC=C(C(=O)OC[C@H]2O[C@@H](Oc3coccc3=O)[C@H](O)[C@@H](O)[C@@H]2O)CC1. The van der Waals surface area contributed by atoms with E-state index < -0.39 is 54.3 Å². The molecule has 10 nitrogen and oxygen atoms in total. The average Bonchev–Trinajstić information content (AvgIpc) is 2.74. The molecular weight excluding hydrogens is 412 g/mol. The summed E-state index contributed by atoms with van der Waals surface area (Å²) in [6.45, 7) is 3.06. The molecule has 3 rings (SSSR count). The summed E-state index contributed by atoms with van der Waals surface area (Å²) < 4.78 is 20.8. The van der Waals surface area contributed by atoms with Crippen molar-refractivity contribution in [3.8, 4) is 5.75 Å². The first kappa shape index (κ1) is 23.4. The fourth-order valence-electron chi connectivity index (χ4n) is 3.62. The summed E-state index contributed by atoms with van der Waals surface area (Å²) in [7, 11) is 0. The third-order valence-corrected chi connectivity index (χ3v) is 5.68. The van der Waals surface area contributed by atoms with Crippen LogP contribution in [0.15, 0.2) is 39.5 Å². The predicted molar refractivity (Wildman–Crippen MR) is 105 cm³/mol. The van der Waals surface area contributed by atoms with Gasteiger partial charge in [0.1, 0.15) is 37.3 Å². The molecule has 31 heavy (non-hydrogen) atoms. The summed E-state index contributed by atoms with van der Waals surface area (Å²) in [5.74, 6) is -0.802. The Morgan fingerprint density at radius 3 is 2.58 bits per heavy atom. The Labute approximate surface area is 178 Å². The maximum absolute atomic E-state index is 12.4. The summed E-state index contributed by atoms with van der Waals surface area (Å²) in [6.07, 6.45) is -2.03. The smallest absolute Gasteiger partial charge is 0.333 e. The van der Waals surface area contributed by atoms with E-state index in [4.69, 9.17) is 18.6 Å². The van der Waals surface area contributed by atoms with E-state index in [-0.39, 0.29) is 11.7 Å². The first-order valence-electron chi connectivity index (χ1n) is 10.1. The lowest BCUT2D eigenvalue weighted by atomic mass is 9.79. The number of hydrogen-bond acceptors (Lipinski definition) is 10. The van der Waals surface area contributed by atoms with Crippen molar-refractivity contribution in [2.45, 2.75) is 69.4 Å². The van der Waals surface area contributed by atoms with Crippen LogP contribution in [0, 0.1) is 5.92 Å². The van der Waals surface area contributed by atoms with Crippen molar-refractivity contribution in [2.24, 2.45) is 5.92 Å². The molecule has 10 heteroatoms. The molecule has 0 spiro atoms. The van der Waals surface area contributed by atoms with Crippen LogP contribution in [0.25, 0.3) is 0 Å². The normalized spacial score (nSPS) is 31.6. The zero-order valence-corrected chi connectivity index (χ0v) is 17.3. The van der Waals surface area contributed by atoms with Gasteiger partial charge in [0.2, 0.25) is 17.5 Å². The number of carbonyl (C=O) groups is 1. The van der Waals surface area contributed by atoms with Crippen LogP contribution < -0.4 is 10.2 Å². The van der Waals surface area contributed by atoms with Gasteiger partial charge in [0.25, 0.3) is 0 Å². The molecule has 0 amide bonds. The number of hydrogen-bond donors (Lipinski definition) is 4. The van der Waals surface area contributed by atoms with E-state index >= 15 is 0 Å². The summed E-state index contributed by atoms with van der Waals surface area (Å²) in [5, 5.41) is 40.5. The van der Waals surface area contributed by atoms with Crippen LogP contribution in [0.2, 0.25) is 0 Å². The molecule has 172 valence electrons. The highest BCUT2D eigenvalue weighted by molar-refractivity contribution is 5.88. The van der Waals surface area contributed by atoms with Gasteiger partial charge in [0, 0.05) is 11.6 Å². The standard InChI is InChI=1S/C21H28O10/c1-21(2,27)12-5-3-11(4-6-12)19(26)29-10-15-16(23)17(24)18(25)20(31-15)30-14-9-28-8-7-13(14)22/h3,7-9,12,15-18,20,23-25,27H,4-6,10H2,1-2H3/t12-,15-,16-,17+,18-,20-/m1/s1. The molecule has 1 aromatic rings. The van der Waals surface area contributed by atoms with Crippen LogP contribution in [0.3, 0.4) is 0 Å². The van der Waals surface area contributed by atoms with Gasteiger partial charge in [0.15, 0.2) is 0 Å². The van der Waals surface area contributed by atoms with Crippen molar-refractivity contribution < 1.29 is 43.8 Å². The van der Waals surface area contributed by atoms with Gasteiger partial charge in [0.05, 0.1) is 11.9 Å². The van der Waals surface area contributed by atoms with Crippen molar-refractivity contribution in [2.75, 3.05) is 6.61 Å². The second kappa shape index (κ2) is 9.49. The van der Waals surface area contributed by atoms with Gasteiger partial charge in [-0.15, -0.1) is 0 Å². The van der Waals surface area contributed by atoms with E-state index in [1.54, 1.807) is 19.9 Å². The Hall–Kier alpha value is -2.24. The first-order chi connectivity index (χ1) is 14.6. The number of aliphatic hydroxyl groups excluding tert-OH is 3. The highest BCUT2D eigenvalue weighted by atomic mass is 16.7. The lowest BCUT2D eigenvalue weighted by molar-refractivity contribution is -0.278. The third kappa shape index (κ3) is 5.52. The van der Waals surface area contributed by atoms with Gasteiger partial charge >= 0.3 is 5.97 Å². The number of rotatable bonds is 6. The minimum Gasteiger partial charge on any atom is -0.468 e. The number of esters is 1. The van der Waals surface area contributed by atoms with Gasteiger partial charge in [-0.3, -0.25) is 4.79 Å². The second-order valence-electron chi connectivity index (χ2n) is 8.37. The summed E-state index contributed by atoms with van der Waals surface area (Å²) in [4.78, 5) is 24.2. The molecule has 1 fully saturated rings. The molecule has 0 unspecified atom stereocenters. The quantitative estimate of drug-likeness (QED) is 0.439. The topological polar surface area (TPSA) is 156 Å². The maximum atomic E-state index is 12.4. The Bertz CT molecular complexity index is 854. The van der Waals surface area contributed by atoms with Crippen molar-refractivity contribution in [1.82, 2.24) is 0 Å². The highest BCUT2D eigenvalue weighted by Gasteiger charge is 2.46. The second-order valence-corrected chi connectivity index (χ2v) is 8.37. The van der Waals surface area contributed by atoms with Crippen LogP contribution in [-0.4, -0.2) is 69.3 Å². The third-order valence-electron chi connectivity index (χ3n) is 5.68.